The van der Waals surface area contributed by atoms with Crippen molar-refractivity contribution >= 4 is 16.9 Å². The smallest absolute Gasteiger partial charge is 0.159 e. The Labute approximate surface area is 152 Å². The van der Waals surface area contributed by atoms with Crippen LogP contribution in [0.15, 0.2) is 35.3 Å². The number of amidine groups is 1. The number of nitrogens with one attached hydrogen (secondary N) is 1. The molecule has 0 radical (unpaired) electrons. The van der Waals surface area contributed by atoms with Gasteiger partial charge >= 0.3 is 0 Å². The van der Waals surface area contributed by atoms with Crippen LogP contribution in [0.25, 0.3) is 0 Å². The van der Waals surface area contributed by atoms with E-state index in [0.29, 0.717) is 18.1 Å². The molecule has 2 aliphatic heterocycles. The van der Waals surface area contributed by atoms with E-state index in [1.54, 1.807) is 0 Å². The van der Waals surface area contributed by atoms with Gasteiger partial charge in [-0.25, -0.2) is 0 Å². The fourth-order valence-corrected chi connectivity index (χ4v) is 4.49. The van der Waals surface area contributed by atoms with Gasteiger partial charge in [0.25, 0.3) is 0 Å². The number of hydrogen-bond acceptors (Lipinski definition) is 6. The summed E-state index contributed by atoms with van der Waals surface area (Å²) in [5.41, 5.74) is 0.869. The van der Waals surface area contributed by atoms with E-state index < -0.39 is 30.5 Å². The number of aryl methyl sites for hydroxylation is 1. The third-order valence-corrected chi connectivity index (χ3v) is 5.75. The van der Waals surface area contributed by atoms with E-state index in [1.807, 2.05) is 25.1 Å². The second kappa shape index (κ2) is 8.51. The Kier molecular flexibility index (Phi) is 6.35. The molecule has 0 unspecified atom stereocenters. The summed E-state index contributed by atoms with van der Waals surface area (Å²) in [7, 11) is 0. The lowest BCUT2D eigenvalue weighted by Gasteiger charge is -2.40. The minimum Gasteiger partial charge on any atom is -0.390 e. The monoisotopic (exact) mass is 366 g/mol. The molecule has 0 bridgehead atoms. The van der Waals surface area contributed by atoms with Gasteiger partial charge in [-0.2, -0.15) is 0 Å². The molecule has 0 saturated carbocycles. The highest BCUT2D eigenvalue weighted by atomic mass is 32.2. The number of ether oxygens (including phenoxy) is 1. The Balaban J connectivity index is 1.55. The molecular weight excluding hydrogens is 340 g/mol. The van der Waals surface area contributed by atoms with Crippen LogP contribution in [0.4, 0.5) is 0 Å². The van der Waals surface area contributed by atoms with Gasteiger partial charge in [0.2, 0.25) is 0 Å². The average Bonchev–Trinajstić information content (AvgIpc) is 3.02. The van der Waals surface area contributed by atoms with Crippen LogP contribution in [-0.4, -0.2) is 62.9 Å². The number of hydrogen-bond donors (Lipinski definition) is 4. The summed E-state index contributed by atoms with van der Waals surface area (Å²) in [5.74, 6) is 0. The van der Waals surface area contributed by atoms with Crippen LogP contribution in [0.2, 0.25) is 0 Å². The zero-order valence-electron chi connectivity index (χ0n) is 14.3. The first kappa shape index (κ1) is 18.7. The van der Waals surface area contributed by atoms with E-state index in [2.05, 4.69) is 22.4 Å². The van der Waals surface area contributed by atoms with Crippen LogP contribution < -0.4 is 5.32 Å². The van der Waals surface area contributed by atoms with Crippen molar-refractivity contribution in [1.82, 2.24) is 5.32 Å². The molecule has 2 aliphatic rings. The zero-order valence-corrected chi connectivity index (χ0v) is 15.1. The lowest BCUT2D eigenvalue weighted by Crippen LogP contribution is -2.61. The summed E-state index contributed by atoms with van der Waals surface area (Å²) in [6.07, 6.45) is -1.57. The predicted octanol–water partition coefficient (Wildman–Crippen LogP) is 0.898. The van der Waals surface area contributed by atoms with E-state index in [0.717, 1.165) is 12.8 Å². The van der Waals surface area contributed by atoms with Crippen molar-refractivity contribution in [2.45, 2.75) is 62.1 Å². The fraction of sp³-hybridized carbons (Fsp3) is 0.611. The Morgan fingerprint density at radius 2 is 2.00 bits per heavy atom. The van der Waals surface area contributed by atoms with Crippen LogP contribution >= 0.6 is 11.8 Å². The molecule has 6 atom stereocenters. The van der Waals surface area contributed by atoms with Crippen molar-refractivity contribution in [2.24, 2.45) is 4.99 Å². The number of benzene rings is 1. The Bertz CT molecular complexity index is 586. The van der Waals surface area contributed by atoms with Crippen LogP contribution in [-0.2, 0) is 11.2 Å². The molecule has 1 aromatic carbocycles. The summed E-state index contributed by atoms with van der Waals surface area (Å²) < 4.78 is 5.89. The number of rotatable bonds is 6. The molecular formula is C18H26N2O4S. The predicted molar refractivity (Wildman–Crippen MR) is 98.6 cm³/mol. The summed E-state index contributed by atoms with van der Waals surface area (Å²) in [6, 6.07) is 9.68. The molecule has 0 spiro atoms. The Morgan fingerprint density at radius 1 is 1.24 bits per heavy atom. The number of nitrogens with zero attached hydrogens (tertiary/aromatic N) is 1. The number of thioether (sulfide) groups is 1. The van der Waals surface area contributed by atoms with E-state index in [1.165, 1.54) is 17.3 Å². The van der Waals surface area contributed by atoms with Gasteiger partial charge < -0.3 is 25.4 Å². The van der Waals surface area contributed by atoms with Gasteiger partial charge in [0.1, 0.15) is 23.7 Å². The average molecular weight is 366 g/mol. The molecule has 4 N–H and O–H groups in total. The maximum atomic E-state index is 10.5. The highest BCUT2D eigenvalue weighted by Gasteiger charge is 2.50. The number of aliphatic imine (C=N–C) groups is 1. The molecule has 138 valence electrons. The van der Waals surface area contributed by atoms with E-state index >= 15 is 0 Å². The van der Waals surface area contributed by atoms with Crippen molar-refractivity contribution < 1.29 is 20.1 Å². The van der Waals surface area contributed by atoms with Crippen molar-refractivity contribution in [1.29, 1.82) is 0 Å². The highest BCUT2D eigenvalue weighted by Crippen LogP contribution is 2.35. The molecule has 1 aromatic rings. The second-order valence-electron chi connectivity index (χ2n) is 6.46. The summed E-state index contributed by atoms with van der Waals surface area (Å²) in [5, 5.41) is 35.0. The van der Waals surface area contributed by atoms with Crippen LogP contribution in [0.1, 0.15) is 25.3 Å². The van der Waals surface area contributed by atoms with Crippen LogP contribution in [0.5, 0.6) is 0 Å². The molecule has 7 heteroatoms. The first-order valence-corrected chi connectivity index (χ1v) is 9.69. The Morgan fingerprint density at radius 3 is 2.72 bits per heavy atom. The van der Waals surface area contributed by atoms with Crippen molar-refractivity contribution in [3.8, 4) is 0 Å². The topological polar surface area (TPSA) is 94.3 Å². The van der Waals surface area contributed by atoms with E-state index in [9.17, 15) is 15.3 Å². The minimum atomic E-state index is -1.12. The van der Waals surface area contributed by atoms with Gasteiger partial charge in [0, 0.05) is 6.54 Å². The van der Waals surface area contributed by atoms with Gasteiger partial charge in [0.15, 0.2) is 5.17 Å². The number of aliphatic hydroxyl groups is 3. The number of fused-ring (bicyclic) bond motifs is 1. The standard InChI is InChI=1S/C18H26N2O4S/c1-2-19-18-20-13-14(22)15(23)16(24-17(13)25-18)12(21)10-6-9-11-7-4-3-5-8-11/h3-5,7-8,12-17,21-23H,2,6,9-10H2,1H3,(H,19,20)/t12-,13+,14+,15-,16+,17+/m0/s1. The van der Waals surface area contributed by atoms with Crippen LogP contribution in [0, 0.1) is 0 Å². The summed E-state index contributed by atoms with van der Waals surface area (Å²) in [6.45, 7) is 2.57. The molecule has 6 nitrogen and oxygen atoms in total. The quantitative estimate of drug-likeness (QED) is 0.598. The highest BCUT2D eigenvalue weighted by molar-refractivity contribution is 8.14. The molecule has 2 saturated heterocycles. The largest absolute Gasteiger partial charge is 0.390 e. The van der Waals surface area contributed by atoms with Crippen LogP contribution in [0.3, 0.4) is 0 Å². The van der Waals surface area contributed by atoms with Crippen molar-refractivity contribution in [3.05, 3.63) is 35.9 Å². The molecule has 25 heavy (non-hydrogen) atoms. The zero-order chi connectivity index (χ0) is 17.8. The summed E-state index contributed by atoms with van der Waals surface area (Å²) in [4.78, 5) is 4.29. The Hall–Kier alpha value is -1.12. The molecule has 2 heterocycles. The molecule has 0 aromatic heterocycles. The molecule has 0 aliphatic carbocycles. The molecule has 0 amide bonds. The second-order valence-corrected chi connectivity index (χ2v) is 7.55. The molecule has 3 rings (SSSR count). The van der Waals surface area contributed by atoms with E-state index in [-0.39, 0.29) is 5.44 Å². The van der Waals surface area contributed by atoms with Gasteiger partial charge in [-0.1, -0.05) is 42.1 Å². The first-order valence-electron chi connectivity index (χ1n) is 8.81. The maximum Gasteiger partial charge on any atom is 0.159 e. The lowest BCUT2D eigenvalue weighted by molar-refractivity contribution is -0.188. The van der Waals surface area contributed by atoms with Gasteiger partial charge in [-0.15, -0.1) is 0 Å². The van der Waals surface area contributed by atoms with Gasteiger partial charge in [-0.05, 0) is 31.7 Å². The minimum absolute atomic E-state index is 0.350. The van der Waals surface area contributed by atoms with Crippen molar-refractivity contribution in [2.75, 3.05) is 6.54 Å². The third kappa shape index (κ3) is 4.35. The maximum absolute atomic E-state index is 10.5. The third-order valence-electron chi connectivity index (χ3n) is 4.65. The lowest BCUT2D eigenvalue weighted by atomic mass is 9.92. The fourth-order valence-electron chi connectivity index (χ4n) is 3.30. The number of aliphatic hydroxyl groups excluding tert-OH is 3. The SMILES string of the molecule is CCN=C1N[C@@H]2[C@@H](O)[C@H](O)[C@@H]([C@@H](O)CCCc3ccccc3)O[C@@H]2S1. The molecule has 2 fully saturated rings. The van der Waals surface area contributed by atoms with Gasteiger partial charge in [0.05, 0.1) is 12.1 Å². The normalized spacial score (nSPS) is 34.6. The first-order chi connectivity index (χ1) is 12.1. The van der Waals surface area contributed by atoms with Gasteiger partial charge in [-0.3, -0.25) is 4.99 Å². The van der Waals surface area contributed by atoms with E-state index in [4.69, 9.17) is 4.74 Å². The van der Waals surface area contributed by atoms with Crippen molar-refractivity contribution in [3.63, 3.8) is 0 Å². The summed E-state index contributed by atoms with van der Waals surface area (Å²) >= 11 is 1.40.